The van der Waals surface area contributed by atoms with E-state index < -0.39 is 41.8 Å². The monoisotopic (exact) mass is 549 g/mol. The first-order chi connectivity index (χ1) is 11.9. The first-order valence-electron chi connectivity index (χ1n) is 7.81. The quantitative estimate of drug-likeness (QED) is 0.563. The summed E-state index contributed by atoms with van der Waals surface area (Å²) in [5, 5.41) is 0. The number of sulfone groups is 2. The van der Waals surface area contributed by atoms with Crippen molar-refractivity contribution < 1.29 is 25.3 Å². The summed E-state index contributed by atoms with van der Waals surface area (Å²) in [7, 11) is -10.8. The van der Waals surface area contributed by atoms with Crippen molar-refractivity contribution in [3.8, 4) is 0 Å². The van der Waals surface area contributed by atoms with Crippen LogP contribution in [0.2, 0.25) is 0 Å². The Morgan fingerprint density at radius 3 is 1.85 bits per heavy atom. The molecule has 26 heavy (non-hydrogen) atoms. The summed E-state index contributed by atoms with van der Waals surface area (Å²) in [6.07, 6.45) is 0.341. The van der Waals surface area contributed by atoms with E-state index in [0.29, 0.717) is 8.95 Å². The highest BCUT2D eigenvalue weighted by Crippen LogP contribution is 2.35. The van der Waals surface area contributed by atoms with Crippen LogP contribution >= 0.6 is 31.9 Å². The van der Waals surface area contributed by atoms with E-state index in [1.165, 1.54) is 6.07 Å². The van der Waals surface area contributed by atoms with Gasteiger partial charge in [-0.1, -0.05) is 15.9 Å². The number of halogens is 2. The molecule has 0 amide bonds. The maximum Gasteiger partial charge on any atom is 0.244 e. The lowest BCUT2D eigenvalue weighted by molar-refractivity contribution is 0.280. The fraction of sp³-hybridized carbons (Fsp3) is 0.571. The second-order valence-electron chi connectivity index (χ2n) is 6.52. The van der Waals surface area contributed by atoms with Crippen molar-refractivity contribution in [2.75, 3.05) is 23.0 Å². The number of hydrogen-bond acceptors (Lipinski definition) is 6. The van der Waals surface area contributed by atoms with Crippen LogP contribution in [0.4, 0.5) is 0 Å². The Morgan fingerprint density at radius 1 is 0.923 bits per heavy atom. The molecule has 2 saturated heterocycles. The minimum Gasteiger partial charge on any atom is -0.229 e. The molecule has 2 heterocycles. The summed E-state index contributed by atoms with van der Waals surface area (Å²) in [6.45, 7) is 0. The molecule has 3 rings (SSSR count). The second-order valence-corrected chi connectivity index (χ2v) is 14.6. The molecule has 0 unspecified atom stereocenters. The molecule has 0 bridgehead atoms. The molecule has 0 aliphatic carbocycles. The number of benzene rings is 1. The van der Waals surface area contributed by atoms with Crippen LogP contribution in [-0.4, -0.2) is 64.7 Å². The van der Waals surface area contributed by atoms with Gasteiger partial charge in [-0.2, -0.15) is 4.31 Å². The molecular formula is C14H17Br2NO6S3. The molecule has 12 heteroatoms. The molecule has 2 fully saturated rings. The third-order valence-corrected chi connectivity index (χ3v) is 11.6. The standard InChI is InChI=1S/C14H17Br2NO6S3/c15-10-1-2-13(16)14(7-10)26(22,23)17(11-3-5-24(18,19)8-11)12-4-6-25(20,21)9-12/h1-2,7,11-12H,3-6,8-9H2/t11-,12-/m1/s1. The van der Waals surface area contributed by atoms with E-state index in [9.17, 15) is 25.3 Å². The Hall–Kier alpha value is -0.0100. The molecule has 146 valence electrons. The molecule has 0 N–H and O–H groups in total. The van der Waals surface area contributed by atoms with Gasteiger partial charge in [0.2, 0.25) is 10.0 Å². The Balaban J connectivity index is 2.09. The summed E-state index contributed by atoms with van der Waals surface area (Å²) in [5.74, 6) is -0.756. The molecule has 1 aromatic carbocycles. The second kappa shape index (κ2) is 7.11. The van der Waals surface area contributed by atoms with Gasteiger partial charge in [0.1, 0.15) is 0 Å². The minimum absolute atomic E-state index is 0.0135. The molecule has 2 atom stereocenters. The largest absolute Gasteiger partial charge is 0.244 e. The van der Waals surface area contributed by atoms with Crippen molar-refractivity contribution in [3.05, 3.63) is 27.1 Å². The van der Waals surface area contributed by atoms with Gasteiger partial charge in [-0.3, -0.25) is 0 Å². The maximum absolute atomic E-state index is 13.4. The van der Waals surface area contributed by atoms with Crippen LogP contribution in [0.15, 0.2) is 32.0 Å². The van der Waals surface area contributed by atoms with Gasteiger partial charge in [0, 0.05) is 21.0 Å². The van der Waals surface area contributed by atoms with Crippen LogP contribution in [-0.2, 0) is 29.7 Å². The highest BCUT2D eigenvalue weighted by Gasteiger charge is 2.46. The molecule has 1 aromatic rings. The smallest absolute Gasteiger partial charge is 0.229 e. The van der Waals surface area contributed by atoms with Gasteiger partial charge in [-0.25, -0.2) is 25.3 Å². The summed E-state index contributed by atoms with van der Waals surface area (Å²) in [5.41, 5.74) is 0. The topological polar surface area (TPSA) is 106 Å². The van der Waals surface area contributed by atoms with Crippen molar-refractivity contribution in [2.45, 2.75) is 29.8 Å². The van der Waals surface area contributed by atoms with E-state index in [-0.39, 0.29) is 40.7 Å². The number of sulfonamides is 1. The van der Waals surface area contributed by atoms with Crippen molar-refractivity contribution in [3.63, 3.8) is 0 Å². The summed E-state index contributed by atoms with van der Waals surface area (Å²) < 4.78 is 76.5. The zero-order chi connectivity index (χ0) is 19.3. The van der Waals surface area contributed by atoms with Crippen LogP contribution < -0.4 is 0 Å². The van der Waals surface area contributed by atoms with Crippen molar-refractivity contribution in [1.29, 1.82) is 0 Å². The summed E-state index contributed by atoms with van der Waals surface area (Å²) >= 11 is 6.48. The zero-order valence-corrected chi connectivity index (χ0v) is 19.1. The normalized spacial score (nSPS) is 27.8. The SMILES string of the molecule is O=S1(=O)CC[C@@H](N([C@@H]2CCS(=O)(=O)C2)S(=O)(=O)c2cc(Br)ccc2Br)C1. The number of hydrogen-bond donors (Lipinski definition) is 0. The number of nitrogens with zero attached hydrogens (tertiary/aromatic N) is 1. The van der Waals surface area contributed by atoms with Crippen LogP contribution in [0.25, 0.3) is 0 Å². The van der Waals surface area contributed by atoms with Gasteiger partial charge >= 0.3 is 0 Å². The van der Waals surface area contributed by atoms with E-state index in [0.717, 1.165) is 4.31 Å². The lowest BCUT2D eigenvalue weighted by atomic mass is 10.2. The lowest BCUT2D eigenvalue weighted by Crippen LogP contribution is -2.48. The lowest BCUT2D eigenvalue weighted by Gasteiger charge is -2.32. The van der Waals surface area contributed by atoms with Crippen molar-refractivity contribution in [1.82, 2.24) is 4.31 Å². The summed E-state index contributed by atoms with van der Waals surface area (Å²) in [6, 6.07) is 3.17. The third kappa shape index (κ3) is 4.19. The molecular weight excluding hydrogens is 534 g/mol. The Bertz CT molecular complexity index is 992. The van der Waals surface area contributed by atoms with Gasteiger partial charge < -0.3 is 0 Å². The minimum atomic E-state index is -4.09. The summed E-state index contributed by atoms with van der Waals surface area (Å²) in [4.78, 5) is -0.0135. The van der Waals surface area contributed by atoms with Crippen LogP contribution in [0.5, 0.6) is 0 Å². The Labute approximate surface area is 170 Å². The van der Waals surface area contributed by atoms with Crippen LogP contribution in [0.1, 0.15) is 12.8 Å². The third-order valence-electron chi connectivity index (χ3n) is 4.59. The highest BCUT2D eigenvalue weighted by atomic mass is 79.9. The molecule has 0 aromatic heterocycles. The predicted molar refractivity (Wildman–Crippen MR) is 105 cm³/mol. The van der Waals surface area contributed by atoms with E-state index >= 15 is 0 Å². The zero-order valence-electron chi connectivity index (χ0n) is 13.5. The van der Waals surface area contributed by atoms with Gasteiger partial charge in [0.05, 0.1) is 27.9 Å². The first kappa shape index (κ1) is 20.7. The maximum atomic E-state index is 13.4. The average Bonchev–Trinajstić information content (AvgIpc) is 3.03. The van der Waals surface area contributed by atoms with E-state index in [2.05, 4.69) is 31.9 Å². The van der Waals surface area contributed by atoms with Gasteiger partial charge in [-0.15, -0.1) is 0 Å². The fourth-order valence-corrected chi connectivity index (χ4v) is 10.4. The molecule has 7 nitrogen and oxygen atoms in total. The molecule has 0 saturated carbocycles. The van der Waals surface area contributed by atoms with Gasteiger partial charge in [0.15, 0.2) is 19.7 Å². The highest BCUT2D eigenvalue weighted by molar-refractivity contribution is 9.11. The first-order valence-corrected chi connectivity index (χ1v) is 14.5. The fourth-order valence-electron chi connectivity index (χ4n) is 3.43. The Kier molecular flexibility index (Phi) is 5.66. The van der Waals surface area contributed by atoms with Gasteiger partial charge in [0.25, 0.3) is 0 Å². The van der Waals surface area contributed by atoms with Crippen LogP contribution in [0.3, 0.4) is 0 Å². The van der Waals surface area contributed by atoms with Crippen molar-refractivity contribution in [2.24, 2.45) is 0 Å². The Morgan fingerprint density at radius 2 is 1.42 bits per heavy atom. The molecule has 0 spiro atoms. The molecule has 2 aliphatic rings. The van der Waals surface area contributed by atoms with E-state index in [1.807, 2.05) is 0 Å². The van der Waals surface area contributed by atoms with E-state index in [1.54, 1.807) is 12.1 Å². The van der Waals surface area contributed by atoms with E-state index in [4.69, 9.17) is 0 Å². The van der Waals surface area contributed by atoms with Crippen LogP contribution in [0, 0.1) is 0 Å². The molecule has 0 radical (unpaired) electrons. The predicted octanol–water partition coefficient (Wildman–Crippen LogP) is 1.58. The molecule has 2 aliphatic heterocycles. The van der Waals surface area contributed by atoms with Crippen molar-refractivity contribution >= 4 is 61.6 Å². The number of rotatable bonds is 4. The van der Waals surface area contributed by atoms with Gasteiger partial charge in [-0.05, 0) is 47.0 Å². The average molecular weight is 551 g/mol.